The Balaban J connectivity index is 1.62. The summed E-state index contributed by atoms with van der Waals surface area (Å²) in [6.07, 6.45) is -1.45. The van der Waals surface area contributed by atoms with Crippen LogP contribution in [-0.4, -0.2) is 39.0 Å². The monoisotopic (exact) mass is 409 g/mol. The second-order valence-electron chi connectivity index (χ2n) is 8.31. The fourth-order valence-corrected chi connectivity index (χ4v) is 3.81. The SMILES string of the molecule is CC(C)(C)OC(=O)N1CCC[C@@H]2Oc3cc(-c4cnn(C(F)(F)F)c4)ccc3[C@@H]21. The number of likely N-dealkylation sites (tertiary alicyclic amines) is 1. The van der Waals surface area contributed by atoms with Crippen molar-refractivity contribution in [3.05, 3.63) is 36.2 Å². The highest BCUT2D eigenvalue weighted by Gasteiger charge is 2.44. The molecular weight excluding hydrogens is 387 g/mol. The Morgan fingerprint density at radius 3 is 2.66 bits per heavy atom. The molecule has 1 aromatic heterocycles. The molecule has 1 saturated heterocycles. The number of benzene rings is 1. The largest absolute Gasteiger partial charge is 0.504 e. The highest BCUT2D eigenvalue weighted by atomic mass is 19.4. The lowest BCUT2D eigenvalue weighted by Crippen LogP contribution is -2.46. The van der Waals surface area contributed by atoms with Gasteiger partial charge in [0.1, 0.15) is 23.5 Å². The second kappa shape index (κ2) is 6.67. The Kier molecular flexibility index (Phi) is 4.51. The molecule has 2 aromatic rings. The van der Waals surface area contributed by atoms with Crippen molar-refractivity contribution in [1.82, 2.24) is 14.7 Å². The molecule has 1 amide bonds. The molecule has 6 nitrogen and oxygen atoms in total. The molecule has 2 aliphatic rings. The Hall–Kier alpha value is -2.71. The van der Waals surface area contributed by atoms with Gasteiger partial charge < -0.3 is 9.47 Å². The first-order valence-electron chi connectivity index (χ1n) is 9.45. The zero-order valence-electron chi connectivity index (χ0n) is 16.4. The van der Waals surface area contributed by atoms with E-state index < -0.39 is 11.9 Å². The van der Waals surface area contributed by atoms with E-state index in [-0.39, 0.29) is 22.9 Å². The maximum absolute atomic E-state index is 12.8. The summed E-state index contributed by atoms with van der Waals surface area (Å²) in [7, 11) is 0. The fourth-order valence-electron chi connectivity index (χ4n) is 3.81. The van der Waals surface area contributed by atoms with Crippen molar-refractivity contribution in [1.29, 1.82) is 0 Å². The van der Waals surface area contributed by atoms with Crippen LogP contribution in [-0.2, 0) is 11.0 Å². The van der Waals surface area contributed by atoms with Gasteiger partial charge in [0.2, 0.25) is 0 Å². The molecule has 29 heavy (non-hydrogen) atoms. The molecule has 0 spiro atoms. The van der Waals surface area contributed by atoms with Crippen LogP contribution in [0, 0.1) is 0 Å². The van der Waals surface area contributed by atoms with Gasteiger partial charge in [0.05, 0.1) is 6.20 Å². The number of hydrogen-bond donors (Lipinski definition) is 0. The second-order valence-corrected chi connectivity index (χ2v) is 8.31. The van der Waals surface area contributed by atoms with Crippen LogP contribution in [0.2, 0.25) is 0 Å². The summed E-state index contributed by atoms with van der Waals surface area (Å²) in [4.78, 5) is 14.4. The number of nitrogens with zero attached hydrogens (tertiary/aromatic N) is 3. The lowest BCUT2D eigenvalue weighted by atomic mass is 9.94. The number of aromatic nitrogens is 2. The van der Waals surface area contributed by atoms with E-state index in [9.17, 15) is 18.0 Å². The van der Waals surface area contributed by atoms with E-state index in [1.54, 1.807) is 17.0 Å². The number of ether oxygens (including phenoxy) is 2. The van der Waals surface area contributed by atoms with E-state index in [1.165, 1.54) is 6.20 Å². The lowest BCUT2D eigenvalue weighted by Gasteiger charge is -2.37. The molecule has 0 N–H and O–H groups in total. The molecule has 2 aliphatic heterocycles. The minimum absolute atomic E-state index is 0.0274. The van der Waals surface area contributed by atoms with Gasteiger partial charge in [-0.1, -0.05) is 12.1 Å². The molecule has 3 heterocycles. The molecule has 1 fully saturated rings. The first kappa shape index (κ1) is 19.6. The maximum Gasteiger partial charge on any atom is 0.504 e. The average Bonchev–Trinajstić information content (AvgIpc) is 3.23. The predicted octanol–water partition coefficient (Wildman–Crippen LogP) is 4.86. The van der Waals surface area contributed by atoms with Gasteiger partial charge in [0.15, 0.2) is 0 Å². The van der Waals surface area contributed by atoms with Crippen molar-refractivity contribution in [3.8, 4) is 16.9 Å². The summed E-state index contributed by atoms with van der Waals surface area (Å²) in [5.41, 5.74) is 1.15. The van der Waals surface area contributed by atoms with Gasteiger partial charge in [-0.3, -0.25) is 4.90 Å². The molecule has 0 bridgehead atoms. The smallest absolute Gasteiger partial charge is 0.488 e. The molecule has 0 aliphatic carbocycles. The Morgan fingerprint density at radius 1 is 1.24 bits per heavy atom. The number of amides is 1. The van der Waals surface area contributed by atoms with Crippen LogP contribution in [0.1, 0.15) is 45.2 Å². The van der Waals surface area contributed by atoms with Crippen molar-refractivity contribution >= 4 is 6.09 Å². The molecule has 9 heteroatoms. The summed E-state index contributed by atoms with van der Waals surface area (Å²) in [6.45, 7) is 6.02. The van der Waals surface area contributed by atoms with Crippen LogP contribution >= 0.6 is 0 Å². The number of rotatable bonds is 1. The number of piperidine rings is 1. The zero-order chi connectivity index (χ0) is 21.0. The van der Waals surface area contributed by atoms with Crippen LogP contribution in [0.15, 0.2) is 30.6 Å². The van der Waals surface area contributed by atoms with Crippen LogP contribution in [0.25, 0.3) is 11.1 Å². The third-order valence-corrected chi connectivity index (χ3v) is 4.99. The summed E-state index contributed by atoms with van der Waals surface area (Å²) in [5, 5.41) is 3.38. The van der Waals surface area contributed by atoms with Gasteiger partial charge in [-0.2, -0.15) is 9.78 Å². The summed E-state index contributed by atoms with van der Waals surface area (Å²) in [5.74, 6) is 0.577. The van der Waals surface area contributed by atoms with Crippen molar-refractivity contribution in [2.45, 2.75) is 57.7 Å². The quantitative estimate of drug-likeness (QED) is 0.675. The van der Waals surface area contributed by atoms with Gasteiger partial charge in [0.25, 0.3) is 0 Å². The molecule has 156 valence electrons. The van der Waals surface area contributed by atoms with Crippen molar-refractivity contribution in [2.75, 3.05) is 6.54 Å². The van der Waals surface area contributed by atoms with E-state index in [0.717, 1.165) is 24.6 Å². The Morgan fingerprint density at radius 2 is 2.00 bits per heavy atom. The maximum atomic E-state index is 12.8. The first-order chi connectivity index (χ1) is 13.5. The van der Waals surface area contributed by atoms with Gasteiger partial charge >= 0.3 is 12.4 Å². The van der Waals surface area contributed by atoms with Gasteiger partial charge in [-0.15, -0.1) is 13.2 Å². The topological polar surface area (TPSA) is 56.6 Å². The van der Waals surface area contributed by atoms with E-state index in [2.05, 4.69) is 5.10 Å². The van der Waals surface area contributed by atoms with Crippen LogP contribution < -0.4 is 4.74 Å². The number of halogens is 3. The average molecular weight is 409 g/mol. The Labute approximate surface area is 166 Å². The van der Waals surface area contributed by atoms with E-state index in [1.807, 2.05) is 26.8 Å². The zero-order valence-corrected chi connectivity index (χ0v) is 16.4. The van der Waals surface area contributed by atoms with Gasteiger partial charge in [-0.05, 0) is 45.2 Å². The van der Waals surface area contributed by atoms with Gasteiger partial charge in [0, 0.05) is 23.9 Å². The van der Waals surface area contributed by atoms with Crippen LogP contribution in [0.4, 0.5) is 18.0 Å². The summed E-state index contributed by atoms with van der Waals surface area (Å²) >= 11 is 0. The minimum atomic E-state index is -4.56. The number of alkyl halides is 3. The lowest BCUT2D eigenvalue weighted by molar-refractivity contribution is -0.212. The summed E-state index contributed by atoms with van der Waals surface area (Å²) in [6, 6.07) is 4.98. The molecule has 0 radical (unpaired) electrons. The molecule has 0 saturated carbocycles. The molecule has 2 atom stereocenters. The third-order valence-electron chi connectivity index (χ3n) is 4.99. The molecule has 4 rings (SSSR count). The van der Waals surface area contributed by atoms with E-state index >= 15 is 0 Å². The Bertz CT molecular complexity index is 933. The predicted molar refractivity (Wildman–Crippen MR) is 98.3 cm³/mol. The summed E-state index contributed by atoms with van der Waals surface area (Å²) < 4.78 is 50.0. The van der Waals surface area contributed by atoms with Crippen molar-refractivity contribution in [3.63, 3.8) is 0 Å². The number of carbonyl (C=O) groups is 1. The molecule has 1 aromatic carbocycles. The van der Waals surface area contributed by atoms with Gasteiger partial charge in [-0.25, -0.2) is 4.79 Å². The van der Waals surface area contributed by atoms with Crippen LogP contribution in [0.3, 0.4) is 0 Å². The van der Waals surface area contributed by atoms with Crippen LogP contribution in [0.5, 0.6) is 5.75 Å². The third kappa shape index (κ3) is 3.77. The van der Waals surface area contributed by atoms with Crippen molar-refractivity contribution in [2.24, 2.45) is 0 Å². The number of hydrogen-bond acceptors (Lipinski definition) is 4. The normalized spacial score (nSPS) is 21.4. The fraction of sp³-hybridized carbons (Fsp3) is 0.500. The van der Waals surface area contributed by atoms with Crippen molar-refractivity contribution < 1.29 is 27.4 Å². The first-order valence-corrected chi connectivity index (χ1v) is 9.45. The number of fused-ring (bicyclic) bond motifs is 3. The number of carbonyl (C=O) groups excluding carboxylic acids is 1. The van der Waals surface area contributed by atoms with E-state index in [4.69, 9.17) is 9.47 Å². The van der Waals surface area contributed by atoms with E-state index in [0.29, 0.717) is 23.4 Å². The minimum Gasteiger partial charge on any atom is -0.488 e. The highest BCUT2D eigenvalue weighted by molar-refractivity contribution is 5.71. The highest BCUT2D eigenvalue weighted by Crippen LogP contribution is 2.46. The molecular formula is C20H22F3N3O3. The standard InChI is InChI=1S/C20H22F3N3O3/c1-19(2,3)29-18(27)25-8-4-5-15-17(25)14-7-6-12(9-16(14)28-15)13-10-24-26(11-13)20(21,22)23/h6-7,9-11,15,17H,4-5,8H2,1-3H3/t15-,17-/m0/s1. The molecule has 0 unspecified atom stereocenters.